The Morgan fingerprint density at radius 2 is 1.27 bits per heavy atom. The summed E-state index contributed by atoms with van der Waals surface area (Å²) >= 11 is 11.3. The molecule has 0 N–H and O–H groups in total. The van der Waals surface area contributed by atoms with E-state index in [-0.39, 0.29) is 12.5 Å². The van der Waals surface area contributed by atoms with Crippen LogP contribution in [0.2, 0.25) is 12.6 Å². The van der Waals surface area contributed by atoms with Gasteiger partial charge in [0.15, 0.2) is 0 Å². The number of ether oxygens (including phenoxy) is 2. The van der Waals surface area contributed by atoms with E-state index in [0.717, 1.165) is 0 Å². The SMILES string of the molecule is C[Si](Cl)(Cl)CCCOCC(F)(OC(F)(F)C(F)(F)C(F)(F)F)C(F)(F)F. The van der Waals surface area contributed by atoms with Crippen molar-refractivity contribution in [1.82, 2.24) is 0 Å². The summed E-state index contributed by atoms with van der Waals surface area (Å²) in [6, 6.07) is 0.0323. The molecule has 0 spiro atoms. The lowest BCUT2D eigenvalue weighted by molar-refractivity contribution is -0.486. The zero-order valence-corrected chi connectivity index (χ0v) is 15.1. The van der Waals surface area contributed by atoms with E-state index in [0.29, 0.717) is 0 Å². The van der Waals surface area contributed by atoms with E-state index in [4.69, 9.17) is 22.2 Å². The normalized spacial score (nSPS) is 17.3. The molecule has 16 heteroatoms. The van der Waals surface area contributed by atoms with Gasteiger partial charge >= 0.3 is 30.2 Å². The van der Waals surface area contributed by atoms with Gasteiger partial charge in [-0.15, -0.1) is 22.2 Å². The average Bonchev–Trinajstić information content (AvgIpc) is 2.33. The number of hydrogen-bond acceptors (Lipinski definition) is 2. The molecule has 0 aliphatic rings. The molecule has 0 saturated carbocycles. The van der Waals surface area contributed by atoms with Crippen LogP contribution in [-0.4, -0.2) is 50.1 Å². The summed E-state index contributed by atoms with van der Waals surface area (Å²) in [6.45, 7) is -4.43. The predicted octanol–water partition coefficient (Wildman–Crippen LogP) is 5.98. The van der Waals surface area contributed by atoms with Gasteiger partial charge in [-0.1, -0.05) is 0 Å². The van der Waals surface area contributed by atoms with Crippen LogP contribution >= 0.6 is 22.2 Å². The van der Waals surface area contributed by atoms with Crippen LogP contribution in [0.1, 0.15) is 6.42 Å². The molecule has 0 aliphatic carbocycles. The number of halogens is 13. The summed E-state index contributed by atoms with van der Waals surface area (Å²) in [7, 11) is 0. The minimum atomic E-state index is -7.09. The molecule has 0 aromatic rings. The van der Waals surface area contributed by atoms with Crippen LogP contribution in [-0.2, 0) is 9.47 Å². The lowest BCUT2D eigenvalue weighted by atomic mass is 10.2. The van der Waals surface area contributed by atoms with Crippen molar-refractivity contribution >= 4 is 28.9 Å². The van der Waals surface area contributed by atoms with Gasteiger partial charge in [-0.2, -0.15) is 48.3 Å². The highest BCUT2D eigenvalue weighted by atomic mass is 35.7. The van der Waals surface area contributed by atoms with Crippen molar-refractivity contribution in [3.05, 3.63) is 0 Å². The van der Waals surface area contributed by atoms with Crippen molar-refractivity contribution in [2.75, 3.05) is 13.2 Å². The van der Waals surface area contributed by atoms with Crippen LogP contribution in [0.3, 0.4) is 0 Å². The Morgan fingerprint density at radius 3 is 1.62 bits per heavy atom. The molecule has 0 radical (unpaired) electrons. The van der Waals surface area contributed by atoms with Crippen LogP contribution in [0.5, 0.6) is 0 Å². The summed E-state index contributed by atoms with van der Waals surface area (Å²) in [5.41, 5.74) is 0. The Bertz CT molecular complexity index is 463. The standard InChI is InChI=1S/C10H11Cl2F11O2Si/c1-26(11,12)4-2-3-24-5-6(13,8(16,17)18)25-10(22,23)7(14,15)9(19,20)21/h2-5H2,1H3. The van der Waals surface area contributed by atoms with E-state index in [9.17, 15) is 48.3 Å². The average molecular weight is 471 g/mol. The highest BCUT2D eigenvalue weighted by Crippen LogP contribution is 2.50. The maximum Gasteiger partial charge on any atom is 0.462 e. The van der Waals surface area contributed by atoms with Gasteiger partial charge in [0, 0.05) is 6.61 Å². The second-order valence-electron chi connectivity index (χ2n) is 5.14. The van der Waals surface area contributed by atoms with Gasteiger partial charge in [0.25, 0.3) is 0 Å². The van der Waals surface area contributed by atoms with Crippen molar-refractivity contribution in [3.8, 4) is 0 Å². The zero-order chi connectivity index (χ0) is 21.2. The molecule has 1 atom stereocenters. The molecule has 0 aliphatic heterocycles. The lowest BCUT2D eigenvalue weighted by Crippen LogP contribution is -2.60. The van der Waals surface area contributed by atoms with E-state index in [1.54, 1.807) is 0 Å². The van der Waals surface area contributed by atoms with Gasteiger partial charge in [0.1, 0.15) is 6.61 Å². The molecule has 0 fully saturated rings. The van der Waals surface area contributed by atoms with Crippen LogP contribution in [0.4, 0.5) is 48.3 Å². The second kappa shape index (κ2) is 8.13. The molecule has 158 valence electrons. The third-order valence-corrected chi connectivity index (χ3v) is 4.99. The summed E-state index contributed by atoms with van der Waals surface area (Å²) in [4.78, 5) is 0. The first-order valence-electron chi connectivity index (χ1n) is 6.40. The number of rotatable bonds is 9. The molecular formula is C10H11Cl2F11O2Si. The van der Waals surface area contributed by atoms with Gasteiger partial charge in [-0.25, -0.2) is 0 Å². The topological polar surface area (TPSA) is 18.5 Å². The molecule has 0 bridgehead atoms. The molecule has 0 aromatic carbocycles. The molecule has 1 unspecified atom stereocenters. The monoisotopic (exact) mass is 470 g/mol. The van der Waals surface area contributed by atoms with Gasteiger partial charge < -0.3 is 4.74 Å². The van der Waals surface area contributed by atoms with Gasteiger partial charge in [0.05, 0.1) is 0 Å². The van der Waals surface area contributed by atoms with Crippen molar-refractivity contribution in [3.63, 3.8) is 0 Å². The predicted molar refractivity (Wildman–Crippen MR) is 70.5 cm³/mol. The number of alkyl halides is 11. The molecule has 0 rings (SSSR count). The van der Waals surface area contributed by atoms with E-state index in [2.05, 4.69) is 9.47 Å². The zero-order valence-electron chi connectivity index (χ0n) is 12.6. The minimum absolute atomic E-state index is 0.0323. The Labute approximate surface area is 149 Å². The first-order valence-corrected chi connectivity index (χ1v) is 11.1. The van der Waals surface area contributed by atoms with Crippen LogP contribution in [0, 0.1) is 0 Å². The Hall–Kier alpha value is -0.0531. The molecule has 0 aromatic heterocycles. The van der Waals surface area contributed by atoms with Crippen molar-refractivity contribution in [2.45, 2.75) is 49.3 Å². The second-order valence-corrected chi connectivity index (χ2v) is 13.4. The maximum absolute atomic E-state index is 13.7. The molecule has 0 saturated heterocycles. The summed E-state index contributed by atoms with van der Waals surface area (Å²) in [5, 5.41) is 0. The van der Waals surface area contributed by atoms with E-state index >= 15 is 0 Å². The van der Waals surface area contributed by atoms with Crippen LogP contribution in [0.25, 0.3) is 0 Å². The molecule has 2 nitrogen and oxygen atoms in total. The maximum atomic E-state index is 13.7. The fourth-order valence-corrected chi connectivity index (χ4v) is 2.86. The molecule has 0 heterocycles. The smallest absolute Gasteiger partial charge is 0.375 e. The summed E-state index contributed by atoms with van der Waals surface area (Å²) in [5.74, 6) is -12.7. The third kappa shape index (κ3) is 6.84. The Morgan fingerprint density at radius 1 is 0.808 bits per heavy atom. The molecular weight excluding hydrogens is 460 g/mol. The van der Waals surface area contributed by atoms with E-state index in [1.807, 2.05) is 0 Å². The van der Waals surface area contributed by atoms with Gasteiger partial charge in [-0.3, -0.25) is 4.74 Å². The molecule has 26 heavy (non-hydrogen) atoms. The fraction of sp³-hybridized carbons (Fsp3) is 1.00. The third-order valence-electron chi connectivity index (χ3n) is 2.63. The Kier molecular flexibility index (Phi) is 8.11. The lowest BCUT2D eigenvalue weighted by Gasteiger charge is -2.34. The first kappa shape index (κ1) is 25.9. The summed E-state index contributed by atoms with van der Waals surface area (Å²) in [6.07, 6.45) is -20.4. The number of hydrogen-bond donors (Lipinski definition) is 0. The van der Waals surface area contributed by atoms with Gasteiger partial charge in [-0.05, 0) is 19.0 Å². The summed E-state index contributed by atoms with van der Waals surface area (Å²) < 4.78 is 144. The fourth-order valence-electron chi connectivity index (χ4n) is 1.29. The largest absolute Gasteiger partial charge is 0.462 e. The van der Waals surface area contributed by atoms with Crippen molar-refractivity contribution in [2.24, 2.45) is 0 Å². The highest BCUT2D eigenvalue weighted by molar-refractivity contribution is 7.44. The van der Waals surface area contributed by atoms with Crippen LogP contribution < -0.4 is 0 Å². The van der Waals surface area contributed by atoms with Crippen molar-refractivity contribution in [1.29, 1.82) is 0 Å². The molecule has 0 amide bonds. The quantitative estimate of drug-likeness (QED) is 0.178. The Balaban J connectivity index is 5.21. The van der Waals surface area contributed by atoms with E-state index < -0.39 is 50.1 Å². The van der Waals surface area contributed by atoms with Crippen LogP contribution in [0.15, 0.2) is 0 Å². The van der Waals surface area contributed by atoms with E-state index in [1.165, 1.54) is 6.55 Å². The van der Waals surface area contributed by atoms with Crippen molar-refractivity contribution < 1.29 is 57.8 Å². The highest BCUT2D eigenvalue weighted by Gasteiger charge is 2.78. The van der Waals surface area contributed by atoms with Gasteiger partial charge in [0.2, 0.25) is 6.69 Å². The minimum Gasteiger partial charge on any atom is -0.375 e. The first-order chi connectivity index (χ1) is 11.2.